The van der Waals surface area contributed by atoms with Gasteiger partial charge >= 0.3 is 0 Å². The van der Waals surface area contributed by atoms with Crippen molar-refractivity contribution >= 4 is 0 Å². The summed E-state index contributed by atoms with van der Waals surface area (Å²) in [6.45, 7) is 0. The van der Waals surface area contributed by atoms with Crippen LogP contribution < -0.4 is 5.32 Å². The van der Waals surface area contributed by atoms with Crippen molar-refractivity contribution < 1.29 is 4.39 Å². The van der Waals surface area contributed by atoms with Crippen LogP contribution in [0.5, 0.6) is 0 Å². The Balaban J connectivity index is 1.95. The molecule has 0 bridgehead atoms. The van der Waals surface area contributed by atoms with Gasteiger partial charge in [0.05, 0.1) is 6.07 Å². The molecule has 0 saturated heterocycles. The maximum Gasteiger partial charge on any atom is 0.133 e. The SMILES string of the molecule is N#CC1(NC2CCCC2)CCc2c(F)cccc21. The predicted octanol–water partition coefficient (Wildman–Crippen LogP) is 3.02. The topological polar surface area (TPSA) is 35.8 Å². The molecule has 3 heteroatoms. The summed E-state index contributed by atoms with van der Waals surface area (Å²) in [6.07, 6.45) is 6.08. The van der Waals surface area contributed by atoms with E-state index in [-0.39, 0.29) is 5.82 Å². The molecule has 1 unspecified atom stereocenters. The van der Waals surface area contributed by atoms with Crippen LogP contribution in [0.2, 0.25) is 0 Å². The molecule has 1 fully saturated rings. The van der Waals surface area contributed by atoms with Gasteiger partial charge in [0.1, 0.15) is 11.4 Å². The largest absolute Gasteiger partial charge is 0.293 e. The van der Waals surface area contributed by atoms with Crippen LogP contribution in [0.25, 0.3) is 0 Å². The number of nitrogens with zero attached hydrogens (tertiary/aromatic N) is 1. The highest BCUT2D eigenvalue weighted by Crippen LogP contribution is 2.39. The highest BCUT2D eigenvalue weighted by Gasteiger charge is 2.41. The number of rotatable bonds is 2. The molecule has 1 aromatic rings. The Morgan fingerprint density at radius 1 is 1.33 bits per heavy atom. The molecule has 3 rings (SSSR count). The number of fused-ring (bicyclic) bond motifs is 1. The maximum atomic E-state index is 13.7. The van der Waals surface area contributed by atoms with Gasteiger partial charge in [-0.15, -0.1) is 0 Å². The maximum absolute atomic E-state index is 13.7. The van der Waals surface area contributed by atoms with E-state index in [0.29, 0.717) is 18.9 Å². The summed E-state index contributed by atoms with van der Waals surface area (Å²) < 4.78 is 13.7. The molecule has 0 spiro atoms. The highest BCUT2D eigenvalue weighted by molar-refractivity contribution is 5.44. The first-order chi connectivity index (χ1) is 8.75. The second-order valence-corrected chi connectivity index (χ2v) is 5.41. The van der Waals surface area contributed by atoms with E-state index in [4.69, 9.17) is 0 Å². The fourth-order valence-corrected chi connectivity index (χ4v) is 3.38. The van der Waals surface area contributed by atoms with E-state index in [1.165, 1.54) is 18.9 Å². The quantitative estimate of drug-likeness (QED) is 0.868. The van der Waals surface area contributed by atoms with Crippen molar-refractivity contribution in [1.29, 1.82) is 5.26 Å². The molecule has 1 aromatic carbocycles. The van der Waals surface area contributed by atoms with E-state index in [2.05, 4.69) is 11.4 Å². The fraction of sp³-hybridized carbons (Fsp3) is 0.533. The van der Waals surface area contributed by atoms with Crippen molar-refractivity contribution in [3.63, 3.8) is 0 Å². The van der Waals surface area contributed by atoms with Crippen molar-refractivity contribution in [3.8, 4) is 6.07 Å². The van der Waals surface area contributed by atoms with Gasteiger partial charge in [-0.2, -0.15) is 5.26 Å². The smallest absolute Gasteiger partial charge is 0.133 e. The molecule has 0 aliphatic heterocycles. The molecule has 2 aliphatic carbocycles. The van der Waals surface area contributed by atoms with Crippen molar-refractivity contribution in [3.05, 3.63) is 35.1 Å². The molecular weight excluding hydrogens is 227 g/mol. The standard InChI is InChI=1S/C15H17FN2/c16-14-7-3-6-13-12(14)8-9-15(13,10-17)18-11-4-1-2-5-11/h3,6-7,11,18H,1-2,4-5,8-9H2. The zero-order valence-corrected chi connectivity index (χ0v) is 10.4. The Morgan fingerprint density at radius 3 is 2.83 bits per heavy atom. The van der Waals surface area contributed by atoms with E-state index in [1.54, 1.807) is 6.07 Å². The first-order valence-corrected chi connectivity index (χ1v) is 6.72. The van der Waals surface area contributed by atoms with Crippen molar-refractivity contribution in [2.75, 3.05) is 0 Å². The summed E-state index contributed by atoms with van der Waals surface area (Å²) in [5, 5.41) is 13.1. The minimum Gasteiger partial charge on any atom is -0.293 e. The highest BCUT2D eigenvalue weighted by atomic mass is 19.1. The molecule has 94 valence electrons. The normalized spacial score (nSPS) is 27.1. The average molecular weight is 244 g/mol. The van der Waals surface area contributed by atoms with Crippen LogP contribution in [0.4, 0.5) is 4.39 Å². The number of nitriles is 1. The second-order valence-electron chi connectivity index (χ2n) is 5.41. The van der Waals surface area contributed by atoms with E-state index in [9.17, 15) is 9.65 Å². The van der Waals surface area contributed by atoms with Crippen LogP contribution in [0, 0.1) is 17.1 Å². The van der Waals surface area contributed by atoms with Gasteiger partial charge in [-0.25, -0.2) is 4.39 Å². The molecule has 1 atom stereocenters. The van der Waals surface area contributed by atoms with E-state index < -0.39 is 5.54 Å². The number of benzene rings is 1. The number of halogens is 1. The minimum absolute atomic E-state index is 0.169. The molecule has 0 amide bonds. The molecule has 0 aromatic heterocycles. The lowest BCUT2D eigenvalue weighted by molar-refractivity contribution is 0.361. The van der Waals surface area contributed by atoms with Crippen LogP contribution in [0.1, 0.15) is 43.2 Å². The first kappa shape index (κ1) is 11.7. The summed E-state index contributed by atoms with van der Waals surface area (Å²) >= 11 is 0. The van der Waals surface area contributed by atoms with Gasteiger partial charge in [0.15, 0.2) is 0 Å². The lowest BCUT2D eigenvalue weighted by atomic mass is 9.92. The van der Waals surface area contributed by atoms with Crippen LogP contribution in [-0.4, -0.2) is 6.04 Å². The van der Waals surface area contributed by atoms with Gasteiger partial charge in [0.2, 0.25) is 0 Å². The summed E-state index contributed by atoms with van der Waals surface area (Å²) in [5.74, 6) is -0.169. The summed E-state index contributed by atoms with van der Waals surface area (Å²) in [4.78, 5) is 0. The van der Waals surface area contributed by atoms with Crippen molar-refractivity contribution in [2.24, 2.45) is 0 Å². The molecule has 1 saturated carbocycles. The average Bonchev–Trinajstić information content (AvgIpc) is 3.00. The summed E-state index contributed by atoms with van der Waals surface area (Å²) in [5.41, 5.74) is 0.924. The molecule has 18 heavy (non-hydrogen) atoms. The van der Waals surface area contributed by atoms with Crippen LogP contribution >= 0.6 is 0 Å². The molecular formula is C15H17FN2. The molecule has 2 nitrogen and oxygen atoms in total. The van der Waals surface area contributed by atoms with E-state index >= 15 is 0 Å². The lowest BCUT2D eigenvalue weighted by Gasteiger charge is -2.28. The zero-order chi connectivity index (χ0) is 12.6. The van der Waals surface area contributed by atoms with Gasteiger partial charge in [-0.05, 0) is 42.9 Å². The summed E-state index contributed by atoms with van der Waals surface area (Å²) in [6, 6.07) is 7.92. The predicted molar refractivity (Wildman–Crippen MR) is 67.4 cm³/mol. The van der Waals surface area contributed by atoms with Crippen molar-refractivity contribution in [1.82, 2.24) is 5.32 Å². The third-order valence-electron chi connectivity index (χ3n) is 4.33. The number of hydrogen-bond donors (Lipinski definition) is 1. The molecule has 2 aliphatic rings. The number of nitrogens with one attached hydrogen (secondary N) is 1. The van der Waals surface area contributed by atoms with Gasteiger partial charge in [0.25, 0.3) is 0 Å². The van der Waals surface area contributed by atoms with Gasteiger partial charge < -0.3 is 0 Å². The Morgan fingerprint density at radius 2 is 2.11 bits per heavy atom. The van der Waals surface area contributed by atoms with Crippen molar-refractivity contribution in [2.45, 2.75) is 50.1 Å². The molecule has 0 heterocycles. The first-order valence-electron chi connectivity index (χ1n) is 6.72. The van der Waals surface area contributed by atoms with E-state index in [0.717, 1.165) is 24.0 Å². The van der Waals surface area contributed by atoms with Crippen LogP contribution in [-0.2, 0) is 12.0 Å². The Hall–Kier alpha value is -1.40. The van der Waals surface area contributed by atoms with Gasteiger partial charge in [0, 0.05) is 6.04 Å². The van der Waals surface area contributed by atoms with Crippen LogP contribution in [0.15, 0.2) is 18.2 Å². The van der Waals surface area contributed by atoms with Gasteiger partial charge in [-0.1, -0.05) is 25.0 Å². The minimum atomic E-state index is -0.660. The summed E-state index contributed by atoms with van der Waals surface area (Å²) in [7, 11) is 0. The van der Waals surface area contributed by atoms with Crippen LogP contribution in [0.3, 0.4) is 0 Å². The monoisotopic (exact) mass is 244 g/mol. The Bertz CT molecular complexity index is 500. The lowest BCUT2D eigenvalue weighted by Crippen LogP contribution is -2.44. The molecule has 1 N–H and O–H groups in total. The Labute approximate surface area is 107 Å². The fourth-order valence-electron chi connectivity index (χ4n) is 3.38. The third-order valence-corrected chi connectivity index (χ3v) is 4.33. The molecule has 0 radical (unpaired) electrons. The Kier molecular flexibility index (Phi) is 2.83. The zero-order valence-electron chi connectivity index (χ0n) is 10.4. The third kappa shape index (κ3) is 1.72. The number of hydrogen-bond acceptors (Lipinski definition) is 2. The van der Waals surface area contributed by atoms with E-state index in [1.807, 2.05) is 6.07 Å². The van der Waals surface area contributed by atoms with Gasteiger partial charge in [-0.3, -0.25) is 5.32 Å². The second kappa shape index (κ2) is 4.37.